The molecule has 5 nitrogen and oxygen atoms in total. The van der Waals surface area contributed by atoms with Crippen molar-refractivity contribution >= 4 is 29.1 Å². The molecule has 1 aliphatic heterocycles. The van der Waals surface area contributed by atoms with Crippen molar-refractivity contribution in [3.63, 3.8) is 0 Å². The summed E-state index contributed by atoms with van der Waals surface area (Å²) < 4.78 is 6.25. The third-order valence-corrected chi connectivity index (χ3v) is 6.87. The maximum atomic E-state index is 13.0. The highest BCUT2D eigenvalue weighted by molar-refractivity contribution is 7.98. The van der Waals surface area contributed by atoms with E-state index in [1.54, 1.807) is 30.1 Å². The number of nitrogens with zero attached hydrogens (tertiary/aromatic N) is 3. The van der Waals surface area contributed by atoms with Crippen LogP contribution in [0.3, 0.4) is 0 Å². The second kappa shape index (κ2) is 8.87. The molecule has 0 aliphatic carbocycles. The molecule has 2 aromatic carbocycles. The topological polar surface area (TPSA) is 45.7 Å². The Morgan fingerprint density at radius 1 is 1.00 bits per heavy atom. The van der Waals surface area contributed by atoms with Crippen molar-refractivity contribution in [1.82, 2.24) is 4.98 Å². The summed E-state index contributed by atoms with van der Waals surface area (Å²) in [6.45, 7) is 6.17. The summed E-state index contributed by atoms with van der Waals surface area (Å²) in [6.07, 6.45) is 3.79. The number of anilines is 2. The fourth-order valence-corrected chi connectivity index (χ4v) is 5.05. The number of cyclic esters (lactones) is 1. The average Bonchev–Trinajstić information content (AvgIpc) is 3.13. The standard InChI is InChI=1S/C26H29N3O2S/c1-6-29(7-2)20-14-15-22(23(17-20)32-5)26(18-10-12-19(13-11-18)28(3)4)24-21(25(30)31-26)9-8-16-27-24/h8-17H,6-7H2,1-5H3. The van der Waals surface area contributed by atoms with Gasteiger partial charge in [-0.3, -0.25) is 4.98 Å². The molecule has 1 aromatic heterocycles. The molecule has 6 heteroatoms. The normalized spacial score (nSPS) is 17.1. The molecule has 32 heavy (non-hydrogen) atoms. The van der Waals surface area contributed by atoms with Crippen LogP contribution in [-0.4, -0.2) is 44.4 Å². The van der Waals surface area contributed by atoms with Gasteiger partial charge in [-0.25, -0.2) is 4.79 Å². The summed E-state index contributed by atoms with van der Waals surface area (Å²) in [5.41, 5.74) is 4.14. The van der Waals surface area contributed by atoms with Gasteiger partial charge in [0.15, 0.2) is 0 Å². The van der Waals surface area contributed by atoms with E-state index in [0.29, 0.717) is 11.3 Å². The molecule has 0 bridgehead atoms. The van der Waals surface area contributed by atoms with E-state index in [4.69, 9.17) is 4.74 Å². The monoisotopic (exact) mass is 447 g/mol. The summed E-state index contributed by atoms with van der Waals surface area (Å²) in [6, 6.07) is 18.2. The molecule has 0 fully saturated rings. The SMILES string of the molecule is CCN(CC)c1ccc(C2(c3ccc(N(C)C)cc3)OC(=O)c3cccnc32)c(SC)c1. The van der Waals surface area contributed by atoms with E-state index < -0.39 is 5.60 Å². The van der Waals surface area contributed by atoms with Crippen molar-refractivity contribution in [2.45, 2.75) is 24.3 Å². The predicted molar refractivity (Wildman–Crippen MR) is 132 cm³/mol. The van der Waals surface area contributed by atoms with Crippen LogP contribution in [0.2, 0.25) is 0 Å². The number of hydrogen-bond acceptors (Lipinski definition) is 6. The van der Waals surface area contributed by atoms with E-state index >= 15 is 0 Å². The molecule has 0 amide bonds. The smallest absolute Gasteiger partial charge is 0.341 e. The number of fused-ring (bicyclic) bond motifs is 1. The first kappa shape index (κ1) is 22.2. The molecule has 0 N–H and O–H groups in total. The molecule has 0 saturated carbocycles. The summed E-state index contributed by atoms with van der Waals surface area (Å²) in [4.78, 5) is 23.1. The van der Waals surface area contributed by atoms with Gasteiger partial charge in [0.05, 0.1) is 5.56 Å². The quantitative estimate of drug-likeness (QED) is 0.367. The second-order valence-electron chi connectivity index (χ2n) is 7.97. The van der Waals surface area contributed by atoms with E-state index in [0.717, 1.165) is 40.5 Å². The van der Waals surface area contributed by atoms with Gasteiger partial charge in [0.2, 0.25) is 5.60 Å². The summed E-state index contributed by atoms with van der Waals surface area (Å²) >= 11 is 1.66. The zero-order chi connectivity index (χ0) is 22.9. The van der Waals surface area contributed by atoms with Crippen molar-refractivity contribution in [3.05, 3.63) is 83.2 Å². The number of aromatic nitrogens is 1. The van der Waals surface area contributed by atoms with Crippen LogP contribution in [0.1, 0.15) is 41.0 Å². The Morgan fingerprint density at radius 3 is 2.31 bits per heavy atom. The van der Waals surface area contributed by atoms with Crippen LogP contribution in [0.15, 0.2) is 65.7 Å². The Bertz CT molecular complexity index is 1130. The number of pyridine rings is 1. The molecule has 0 saturated heterocycles. The van der Waals surface area contributed by atoms with Gasteiger partial charge in [0.1, 0.15) is 5.69 Å². The number of rotatable bonds is 7. The van der Waals surface area contributed by atoms with Crippen LogP contribution in [0.4, 0.5) is 11.4 Å². The van der Waals surface area contributed by atoms with Crippen LogP contribution >= 0.6 is 11.8 Å². The molecule has 1 unspecified atom stereocenters. The third kappa shape index (κ3) is 3.52. The number of thioether (sulfide) groups is 1. The number of ether oxygens (including phenoxy) is 1. The van der Waals surface area contributed by atoms with E-state index in [-0.39, 0.29) is 5.97 Å². The van der Waals surface area contributed by atoms with Gasteiger partial charge in [-0.2, -0.15) is 0 Å². The van der Waals surface area contributed by atoms with Crippen LogP contribution < -0.4 is 9.80 Å². The van der Waals surface area contributed by atoms with Crippen molar-refractivity contribution in [2.24, 2.45) is 0 Å². The van der Waals surface area contributed by atoms with E-state index in [1.807, 2.05) is 26.2 Å². The van der Waals surface area contributed by atoms with Crippen LogP contribution in [0, 0.1) is 0 Å². The predicted octanol–water partition coefficient (Wildman–Crippen LogP) is 5.18. The molecule has 166 valence electrons. The largest absolute Gasteiger partial charge is 0.439 e. The zero-order valence-corrected chi connectivity index (χ0v) is 20.1. The minimum absolute atomic E-state index is 0.343. The molecule has 2 heterocycles. The molecular weight excluding hydrogens is 418 g/mol. The molecule has 4 rings (SSSR count). The number of hydrogen-bond donors (Lipinski definition) is 0. The molecule has 1 atom stereocenters. The Morgan fingerprint density at radius 2 is 1.69 bits per heavy atom. The van der Waals surface area contributed by atoms with Gasteiger partial charge in [0, 0.05) is 60.8 Å². The number of carbonyl (C=O) groups excluding carboxylic acids is 1. The van der Waals surface area contributed by atoms with Gasteiger partial charge >= 0.3 is 5.97 Å². The highest BCUT2D eigenvalue weighted by Crippen LogP contribution is 2.49. The van der Waals surface area contributed by atoms with Crippen molar-refractivity contribution in [2.75, 3.05) is 43.2 Å². The summed E-state index contributed by atoms with van der Waals surface area (Å²) in [7, 11) is 4.02. The summed E-state index contributed by atoms with van der Waals surface area (Å²) in [5, 5.41) is 0. The maximum absolute atomic E-state index is 13.0. The Kier molecular flexibility index (Phi) is 6.15. The fourth-order valence-electron chi connectivity index (χ4n) is 4.38. The number of carbonyl (C=O) groups is 1. The molecule has 0 radical (unpaired) electrons. The lowest BCUT2D eigenvalue weighted by atomic mass is 9.82. The van der Waals surface area contributed by atoms with Crippen molar-refractivity contribution < 1.29 is 9.53 Å². The first-order chi connectivity index (χ1) is 15.5. The lowest BCUT2D eigenvalue weighted by Gasteiger charge is -2.32. The zero-order valence-electron chi connectivity index (χ0n) is 19.3. The van der Waals surface area contributed by atoms with E-state index in [9.17, 15) is 4.79 Å². The van der Waals surface area contributed by atoms with Gasteiger partial charge in [-0.15, -0.1) is 11.8 Å². The minimum atomic E-state index is -1.08. The lowest BCUT2D eigenvalue weighted by molar-refractivity contribution is 0.0235. The van der Waals surface area contributed by atoms with E-state index in [1.165, 1.54) is 0 Å². The van der Waals surface area contributed by atoms with Crippen LogP contribution in [0.5, 0.6) is 0 Å². The minimum Gasteiger partial charge on any atom is -0.439 e. The first-order valence-electron chi connectivity index (χ1n) is 10.9. The number of benzene rings is 2. The Labute approximate surface area is 194 Å². The van der Waals surface area contributed by atoms with Gasteiger partial charge < -0.3 is 14.5 Å². The molecule has 3 aromatic rings. The van der Waals surface area contributed by atoms with Gasteiger partial charge in [-0.1, -0.05) is 18.2 Å². The lowest BCUT2D eigenvalue weighted by Crippen LogP contribution is -2.31. The maximum Gasteiger partial charge on any atom is 0.341 e. The second-order valence-corrected chi connectivity index (χ2v) is 8.82. The summed E-state index contributed by atoms with van der Waals surface area (Å²) in [5.74, 6) is -0.343. The van der Waals surface area contributed by atoms with Crippen molar-refractivity contribution in [3.8, 4) is 0 Å². The third-order valence-electron chi connectivity index (χ3n) is 6.09. The van der Waals surface area contributed by atoms with E-state index in [2.05, 4.69) is 65.2 Å². The molecule has 1 aliphatic rings. The molecular formula is C26H29N3O2S. The Hall–Kier alpha value is -2.99. The number of esters is 1. The van der Waals surface area contributed by atoms with Gasteiger partial charge in [0.25, 0.3) is 0 Å². The van der Waals surface area contributed by atoms with Gasteiger partial charge in [-0.05, 0) is 56.5 Å². The fraction of sp³-hybridized carbons (Fsp3) is 0.308. The van der Waals surface area contributed by atoms with Crippen molar-refractivity contribution in [1.29, 1.82) is 0 Å². The average molecular weight is 448 g/mol. The first-order valence-corrected chi connectivity index (χ1v) is 12.1. The van der Waals surface area contributed by atoms with Crippen LogP contribution in [-0.2, 0) is 10.3 Å². The Balaban J connectivity index is 1.97. The highest BCUT2D eigenvalue weighted by Gasteiger charge is 2.51. The molecule has 0 spiro atoms. The van der Waals surface area contributed by atoms with Crippen LogP contribution in [0.25, 0.3) is 0 Å². The highest BCUT2D eigenvalue weighted by atomic mass is 32.2.